The van der Waals surface area contributed by atoms with Crippen molar-refractivity contribution in [2.45, 2.75) is 32.9 Å². The molecule has 0 aromatic carbocycles. The van der Waals surface area contributed by atoms with Gasteiger partial charge >= 0.3 is 0 Å². The van der Waals surface area contributed by atoms with E-state index in [1.165, 1.54) is 0 Å². The van der Waals surface area contributed by atoms with E-state index in [0.29, 0.717) is 6.42 Å². The number of halogens is 1. The lowest BCUT2D eigenvalue weighted by Gasteiger charge is -2.09. The fourth-order valence-corrected chi connectivity index (χ4v) is 1.82. The van der Waals surface area contributed by atoms with Crippen LogP contribution in [-0.2, 0) is 13.0 Å². The molecule has 1 aromatic rings. The number of aliphatic hydroxyl groups excluding tert-OH is 1. The molecular formula is C9H16BrN3O. The predicted molar refractivity (Wildman–Crippen MR) is 59.1 cm³/mol. The van der Waals surface area contributed by atoms with Gasteiger partial charge in [-0.2, -0.15) is 5.10 Å². The molecule has 4 nitrogen and oxygen atoms in total. The molecule has 80 valence electrons. The van der Waals surface area contributed by atoms with Crippen molar-refractivity contribution in [3.8, 4) is 0 Å². The zero-order valence-corrected chi connectivity index (χ0v) is 10.1. The van der Waals surface area contributed by atoms with Gasteiger partial charge in [0.2, 0.25) is 0 Å². The highest BCUT2D eigenvalue weighted by molar-refractivity contribution is 9.10. The molecule has 1 aromatic heterocycles. The average Bonchev–Trinajstić information content (AvgIpc) is 2.45. The maximum atomic E-state index is 8.89. The quantitative estimate of drug-likeness (QED) is 0.845. The Morgan fingerprint density at radius 3 is 2.79 bits per heavy atom. The van der Waals surface area contributed by atoms with Gasteiger partial charge in [0.1, 0.15) is 0 Å². The van der Waals surface area contributed by atoms with Crippen molar-refractivity contribution < 1.29 is 5.11 Å². The van der Waals surface area contributed by atoms with Crippen LogP contribution in [0.5, 0.6) is 0 Å². The Hall–Kier alpha value is -0.390. The average molecular weight is 262 g/mol. The molecule has 1 atom stereocenters. The lowest BCUT2D eigenvalue weighted by Crippen LogP contribution is -2.28. The summed E-state index contributed by atoms with van der Waals surface area (Å²) >= 11 is 3.48. The van der Waals surface area contributed by atoms with Crippen LogP contribution in [0, 0.1) is 6.92 Å². The van der Waals surface area contributed by atoms with Crippen molar-refractivity contribution in [2.75, 3.05) is 6.61 Å². The van der Waals surface area contributed by atoms with Crippen LogP contribution in [0.4, 0.5) is 0 Å². The number of aliphatic hydroxyl groups is 1. The minimum absolute atomic E-state index is 0.000379. The van der Waals surface area contributed by atoms with Crippen LogP contribution in [0.2, 0.25) is 0 Å². The Balaban J connectivity index is 2.93. The summed E-state index contributed by atoms with van der Waals surface area (Å²) in [5, 5.41) is 13.2. The lowest BCUT2D eigenvalue weighted by atomic mass is 10.2. The van der Waals surface area contributed by atoms with E-state index in [1.54, 1.807) is 0 Å². The van der Waals surface area contributed by atoms with Gasteiger partial charge in [0.05, 0.1) is 22.5 Å². The second-order valence-corrected chi connectivity index (χ2v) is 4.10. The summed E-state index contributed by atoms with van der Waals surface area (Å²) < 4.78 is 2.91. The van der Waals surface area contributed by atoms with Gasteiger partial charge in [0, 0.05) is 19.0 Å². The zero-order chi connectivity index (χ0) is 10.7. The van der Waals surface area contributed by atoms with Gasteiger partial charge < -0.3 is 10.8 Å². The summed E-state index contributed by atoms with van der Waals surface area (Å²) in [6, 6.07) is -0.215. The molecule has 0 radical (unpaired) electrons. The number of aryl methyl sites for hydroxylation is 2. The van der Waals surface area contributed by atoms with Crippen LogP contribution >= 0.6 is 15.9 Å². The van der Waals surface area contributed by atoms with E-state index >= 15 is 0 Å². The van der Waals surface area contributed by atoms with E-state index in [9.17, 15) is 0 Å². The van der Waals surface area contributed by atoms with E-state index in [0.717, 1.165) is 22.4 Å². The van der Waals surface area contributed by atoms with E-state index in [4.69, 9.17) is 10.8 Å². The molecule has 0 fully saturated rings. The summed E-state index contributed by atoms with van der Waals surface area (Å²) in [6.07, 6.45) is 0.645. The Labute approximate surface area is 92.2 Å². The van der Waals surface area contributed by atoms with Gasteiger partial charge in [-0.25, -0.2) is 0 Å². The molecule has 0 aliphatic rings. The summed E-state index contributed by atoms with van der Waals surface area (Å²) in [5.41, 5.74) is 7.72. The molecule has 1 heterocycles. The van der Waals surface area contributed by atoms with E-state index in [-0.39, 0.29) is 12.6 Å². The van der Waals surface area contributed by atoms with Crippen LogP contribution in [0.1, 0.15) is 18.3 Å². The largest absolute Gasteiger partial charge is 0.395 e. The van der Waals surface area contributed by atoms with Crippen LogP contribution in [0.25, 0.3) is 0 Å². The van der Waals surface area contributed by atoms with Gasteiger partial charge in [-0.3, -0.25) is 4.68 Å². The van der Waals surface area contributed by atoms with Crippen LogP contribution in [0.3, 0.4) is 0 Å². The first kappa shape index (κ1) is 11.7. The summed E-state index contributed by atoms with van der Waals surface area (Å²) in [5.74, 6) is 0. The molecule has 0 saturated carbocycles. The summed E-state index contributed by atoms with van der Waals surface area (Å²) in [6.45, 7) is 4.80. The van der Waals surface area contributed by atoms with Crippen molar-refractivity contribution in [2.24, 2.45) is 5.73 Å². The van der Waals surface area contributed by atoms with Gasteiger partial charge in [-0.05, 0) is 29.8 Å². The van der Waals surface area contributed by atoms with Gasteiger partial charge in [-0.1, -0.05) is 0 Å². The Bertz CT molecular complexity index is 311. The molecule has 1 rings (SSSR count). The third-order valence-corrected chi connectivity index (χ3v) is 3.17. The first-order valence-corrected chi connectivity index (χ1v) is 5.47. The molecule has 0 bridgehead atoms. The second-order valence-electron chi connectivity index (χ2n) is 3.31. The first-order chi connectivity index (χ1) is 6.60. The predicted octanol–water partition coefficient (Wildman–Crippen LogP) is 0.836. The summed E-state index contributed by atoms with van der Waals surface area (Å²) in [7, 11) is 0. The highest BCUT2D eigenvalue weighted by Crippen LogP contribution is 2.21. The van der Waals surface area contributed by atoms with Crippen LogP contribution in [0.15, 0.2) is 4.47 Å². The van der Waals surface area contributed by atoms with Crippen molar-refractivity contribution >= 4 is 15.9 Å². The van der Waals surface area contributed by atoms with Crippen molar-refractivity contribution in [3.63, 3.8) is 0 Å². The topological polar surface area (TPSA) is 64.1 Å². The zero-order valence-electron chi connectivity index (χ0n) is 8.50. The number of nitrogens with zero attached hydrogens (tertiary/aromatic N) is 2. The molecule has 0 amide bonds. The maximum Gasteiger partial charge on any atom is 0.0738 e. The smallest absolute Gasteiger partial charge is 0.0738 e. The fourth-order valence-electron chi connectivity index (χ4n) is 1.38. The van der Waals surface area contributed by atoms with Crippen molar-refractivity contribution in [3.05, 3.63) is 15.9 Å². The fraction of sp³-hybridized carbons (Fsp3) is 0.667. The first-order valence-electron chi connectivity index (χ1n) is 4.68. The number of hydrogen-bond donors (Lipinski definition) is 2. The molecule has 0 saturated heterocycles. The minimum atomic E-state index is -0.215. The third kappa shape index (κ3) is 2.34. The van der Waals surface area contributed by atoms with Crippen LogP contribution in [-0.4, -0.2) is 27.5 Å². The number of aromatic nitrogens is 2. The molecule has 14 heavy (non-hydrogen) atoms. The molecule has 1 unspecified atom stereocenters. The minimum Gasteiger partial charge on any atom is -0.395 e. The molecular weight excluding hydrogens is 246 g/mol. The van der Waals surface area contributed by atoms with Gasteiger partial charge in [0.15, 0.2) is 0 Å². The van der Waals surface area contributed by atoms with Gasteiger partial charge in [-0.15, -0.1) is 0 Å². The molecule has 3 N–H and O–H groups in total. The normalized spacial score (nSPS) is 13.2. The molecule has 0 aliphatic carbocycles. The van der Waals surface area contributed by atoms with Crippen LogP contribution < -0.4 is 5.73 Å². The SMILES string of the molecule is CCn1nc(C)c(Br)c1CC(N)CO. The Morgan fingerprint density at radius 1 is 1.64 bits per heavy atom. The van der Waals surface area contributed by atoms with Gasteiger partial charge in [0.25, 0.3) is 0 Å². The lowest BCUT2D eigenvalue weighted by molar-refractivity contribution is 0.263. The van der Waals surface area contributed by atoms with Crippen molar-refractivity contribution in [1.29, 1.82) is 0 Å². The molecule has 5 heteroatoms. The number of rotatable bonds is 4. The van der Waals surface area contributed by atoms with E-state index in [1.807, 2.05) is 18.5 Å². The summed E-state index contributed by atoms with van der Waals surface area (Å²) in [4.78, 5) is 0. The maximum absolute atomic E-state index is 8.89. The molecule has 0 aliphatic heterocycles. The number of nitrogens with two attached hydrogens (primary N) is 1. The standard InChI is InChI=1S/C9H16BrN3O/c1-3-13-8(4-7(11)5-14)9(10)6(2)12-13/h7,14H,3-5,11H2,1-2H3. The third-order valence-electron chi connectivity index (χ3n) is 2.14. The monoisotopic (exact) mass is 261 g/mol. The van der Waals surface area contributed by atoms with E-state index in [2.05, 4.69) is 21.0 Å². The van der Waals surface area contributed by atoms with E-state index < -0.39 is 0 Å². The highest BCUT2D eigenvalue weighted by Gasteiger charge is 2.14. The molecule has 0 spiro atoms. The second kappa shape index (κ2) is 4.91. The Morgan fingerprint density at radius 2 is 2.29 bits per heavy atom. The highest BCUT2D eigenvalue weighted by atomic mass is 79.9. The van der Waals surface area contributed by atoms with Crippen molar-refractivity contribution in [1.82, 2.24) is 9.78 Å². The Kier molecular flexibility index (Phi) is 4.10. The number of hydrogen-bond acceptors (Lipinski definition) is 3.